The van der Waals surface area contributed by atoms with Crippen LogP contribution >= 0.6 is 11.3 Å². The van der Waals surface area contributed by atoms with Crippen LogP contribution < -0.4 is 15.6 Å². The van der Waals surface area contributed by atoms with Gasteiger partial charge in [-0.1, -0.05) is 12.1 Å². The second-order valence-corrected chi connectivity index (χ2v) is 10.1. The molecule has 9 nitrogen and oxygen atoms in total. The van der Waals surface area contributed by atoms with E-state index in [9.17, 15) is 9.18 Å². The molecule has 1 aromatic carbocycles. The molecule has 0 amide bonds. The molecular formula is C27H26FN7O2S. The molecule has 2 unspecified atom stereocenters. The smallest absolute Gasteiger partial charge is 0.195 e. The molecule has 6 rings (SSSR count). The number of imidazole rings is 1. The van der Waals surface area contributed by atoms with Crippen LogP contribution in [0.5, 0.6) is 0 Å². The molecule has 0 saturated carbocycles. The molecule has 1 aliphatic heterocycles. The van der Waals surface area contributed by atoms with Crippen molar-refractivity contribution in [2.45, 2.75) is 18.6 Å². The van der Waals surface area contributed by atoms with E-state index >= 15 is 0 Å². The summed E-state index contributed by atoms with van der Waals surface area (Å²) in [7, 11) is 3.64. The molecule has 0 bridgehead atoms. The third-order valence-corrected chi connectivity index (χ3v) is 7.72. The van der Waals surface area contributed by atoms with Gasteiger partial charge in [-0.3, -0.25) is 9.36 Å². The van der Waals surface area contributed by atoms with Crippen LogP contribution in [-0.2, 0) is 11.2 Å². The maximum absolute atomic E-state index is 14.3. The number of halogens is 1. The number of nitrogens with one attached hydrogen (secondary N) is 2. The van der Waals surface area contributed by atoms with E-state index in [1.54, 1.807) is 43.9 Å². The quantitative estimate of drug-likeness (QED) is 0.332. The molecular weight excluding hydrogens is 505 g/mol. The Bertz CT molecular complexity index is 1640. The number of anilines is 1. The first-order valence-electron chi connectivity index (χ1n) is 12.2. The minimum atomic E-state index is -0.336. The van der Waals surface area contributed by atoms with E-state index in [4.69, 9.17) is 9.72 Å². The molecule has 0 spiro atoms. The Labute approximate surface area is 222 Å². The highest BCUT2D eigenvalue weighted by Gasteiger charge is 2.32. The minimum Gasteiger partial charge on any atom is -0.378 e. The van der Waals surface area contributed by atoms with E-state index in [1.807, 2.05) is 29.1 Å². The summed E-state index contributed by atoms with van der Waals surface area (Å²) in [6.45, 7) is 1.44. The third kappa shape index (κ3) is 4.38. The van der Waals surface area contributed by atoms with Crippen molar-refractivity contribution in [2.75, 3.05) is 32.1 Å². The lowest BCUT2D eigenvalue weighted by atomic mass is 10.1. The van der Waals surface area contributed by atoms with Gasteiger partial charge in [0.25, 0.3) is 0 Å². The number of aromatic nitrogens is 5. The summed E-state index contributed by atoms with van der Waals surface area (Å²) >= 11 is 1.46. The molecule has 194 valence electrons. The SMILES string of the molecule is CNC1CN(c2ccc3c(=O)c(Cc4ncc(-c5ccccc5F)[nH]4)cn(-c4nccs4)c3n2)CC1OC. The molecule has 1 saturated heterocycles. The summed E-state index contributed by atoms with van der Waals surface area (Å²) < 4.78 is 21.8. The second kappa shape index (κ2) is 10.1. The van der Waals surface area contributed by atoms with E-state index in [2.05, 4.69) is 25.2 Å². The first kappa shape index (κ1) is 24.4. The Morgan fingerprint density at radius 1 is 1.21 bits per heavy atom. The Morgan fingerprint density at radius 3 is 2.82 bits per heavy atom. The summed E-state index contributed by atoms with van der Waals surface area (Å²) in [5, 5.41) is 6.39. The van der Waals surface area contributed by atoms with Gasteiger partial charge in [-0.05, 0) is 31.3 Å². The number of H-pyrrole nitrogens is 1. The number of methoxy groups -OCH3 is 1. The topological polar surface area (TPSA) is 101 Å². The van der Waals surface area contributed by atoms with Crippen molar-refractivity contribution in [3.8, 4) is 16.4 Å². The molecule has 1 aliphatic rings. The molecule has 5 aromatic rings. The molecule has 1 fully saturated rings. The maximum Gasteiger partial charge on any atom is 0.195 e. The standard InChI is InChI=1S/C27H26FN7O2S/c1-29-21-14-34(15-22(21)37-2)24-8-7-18-25(36)16(13-35(26(18)33-24)27-30-9-10-38-27)11-23-31-12-20(32-23)17-5-3-4-6-19(17)28/h3-10,12-13,21-22,29H,11,14-15H2,1-2H3,(H,31,32). The van der Waals surface area contributed by atoms with Gasteiger partial charge in [0, 0.05) is 55.5 Å². The Balaban J connectivity index is 1.40. The lowest BCUT2D eigenvalue weighted by Crippen LogP contribution is -2.37. The van der Waals surface area contributed by atoms with Crippen molar-refractivity contribution in [1.82, 2.24) is 29.8 Å². The van der Waals surface area contributed by atoms with E-state index in [0.29, 0.717) is 45.4 Å². The van der Waals surface area contributed by atoms with Gasteiger partial charge >= 0.3 is 0 Å². The van der Waals surface area contributed by atoms with Crippen LogP contribution in [-0.4, -0.2) is 63.9 Å². The van der Waals surface area contributed by atoms with Crippen molar-refractivity contribution in [3.05, 3.63) is 87.8 Å². The lowest BCUT2D eigenvalue weighted by Gasteiger charge is -2.18. The zero-order chi connectivity index (χ0) is 26.2. The highest BCUT2D eigenvalue weighted by molar-refractivity contribution is 7.12. The highest BCUT2D eigenvalue weighted by atomic mass is 32.1. The number of nitrogens with zero attached hydrogens (tertiary/aromatic N) is 5. The zero-order valence-corrected chi connectivity index (χ0v) is 21.7. The monoisotopic (exact) mass is 531 g/mol. The van der Waals surface area contributed by atoms with Crippen molar-refractivity contribution >= 4 is 28.2 Å². The Hall–Kier alpha value is -3.93. The van der Waals surface area contributed by atoms with Crippen LogP contribution in [0.2, 0.25) is 0 Å². The highest BCUT2D eigenvalue weighted by Crippen LogP contribution is 2.26. The van der Waals surface area contributed by atoms with Gasteiger partial charge in [0.05, 0.1) is 29.4 Å². The van der Waals surface area contributed by atoms with Gasteiger partial charge in [0.15, 0.2) is 16.2 Å². The molecule has 2 N–H and O–H groups in total. The first-order valence-corrected chi connectivity index (χ1v) is 13.1. The maximum atomic E-state index is 14.3. The van der Waals surface area contributed by atoms with Crippen LogP contribution in [0.25, 0.3) is 27.4 Å². The van der Waals surface area contributed by atoms with Gasteiger partial charge in [-0.2, -0.15) is 0 Å². The number of aromatic amines is 1. The van der Waals surface area contributed by atoms with E-state index in [0.717, 1.165) is 12.4 Å². The minimum absolute atomic E-state index is 0.0450. The van der Waals surface area contributed by atoms with Crippen LogP contribution in [0, 0.1) is 5.82 Å². The van der Waals surface area contributed by atoms with E-state index in [1.165, 1.54) is 17.4 Å². The number of benzene rings is 1. The number of hydrogen-bond acceptors (Lipinski definition) is 8. The van der Waals surface area contributed by atoms with Crippen molar-refractivity contribution in [2.24, 2.45) is 0 Å². The molecule has 5 heterocycles. The summed E-state index contributed by atoms with van der Waals surface area (Å²) in [5.74, 6) is 1.00. The van der Waals surface area contributed by atoms with E-state index in [-0.39, 0.29) is 29.8 Å². The molecule has 0 radical (unpaired) electrons. The molecule has 11 heteroatoms. The lowest BCUT2D eigenvalue weighted by molar-refractivity contribution is 0.0996. The number of fused-ring (bicyclic) bond motifs is 1. The van der Waals surface area contributed by atoms with Crippen molar-refractivity contribution in [3.63, 3.8) is 0 Å². The predicted octanol–water partition coefficient (Wildman–Crippen LogP) is 3.39. The van der Waals surface area contributed by atoms with Crippen LogP contribution in [0.3, 0.4) is 0 Å². The fourth-order valence-electron chi connectivity index (χ4n) is 4.96. The number of ether oxygens (including phenoxy) is 1. The number of thiazole rings is 1. The van der Waals surface area contributed by atoms with Crippen LogP contribution in [0.4, 0.5) is 10.2 Å². The van der Waals surface area contributed by atoms with Gasteiger partial charge in [0.1, 0.15) is 17.5 Å². The molecule has 0 aliphatic carbocycles. The van der Waals surface area contributed by atoms with Crippen molar-refractivity contribution in [1.29, 1.82) is 0 Å². The summed E-state index contributed by atoms with van der Waals surface area (Å²) in [6.07, 6.45) is 5.39. The largest absolute Gasteiger partial charge is 0.378 e. The third-order valence-electron chi connectivity index (χ3n) is 6.95. The average Bonchev–Trinajstić information content (AvgIpc) is 3.71. The summed E-state index contributed by atoms with van der Waals surface area (Å²) in [6, 6.07) is 10.4. The Morgan fingerprint density at radius 2 is 2.08 bits per heavy atom. The first-order chi connectivity index (χ1) is 18.6. The van der Waals surface area contributed by atoms with Gasteiger partial charge in [-0.25, -0.2) is 19.3 Å². The number of pyridine rings is 2. The molecule has 4 aromatic heterocycles. The predicted molar refractivity (Wildman–Crippen MR) is 146 cm³/mol. The van der Waals surface area contributed by atoms with Gasteiger partial charge in [0.2, 0.25) is 0 Å². The van der Waals surface area contributed by atoms with Gasteiger partial charge in [-0.15, -0.1) is 11.3 Å². The van der Waals surface area contributed by atoms with E-state index < -0.39 is 0 Å². The van der Waals surface area contributed by atoms with Crippen LogP contribution in [0.1, 0.15) is 11.4 Å². The average molecular weight is 532 g/mol. The summed E-state index contributed by atoms with van der Waals surface area (Å²) in [4.78, 5) is 32.7. The summed E-state index contributed by atoms with van der Waals surface area (Å²) in [5.41, 5.74) is 1.94. The van der Waals surface area contributed by atoms with Crippen LogP contribution in [0.15, 0.2) is 65.2 Å². The zero-order valence-electron chi connectivity index (χ0n) is 20.9. The van der Waals surface area contributed by atoms with Crippen molar-refractivity contribution < 1.29 is 9.13 Å². The number of rotatable bonds is 7. The van der Waals surface area contributed by atoms with Gasteiger partial charge < -0.3 is 19.9 Å². The second-order valence-electron chi connectivity index (χ2n) is 9.18. The Kier molecular flexibility index (Phi) is 6.48. The fraction of sp³-hybridized carbons (Fsp3) is 0.259. The molecule has 2 atom stereocenters. The number of hydrogen-bond donors (Lipinski definition) is 2. The fourth-order valence-corrected chi connectivity index (χ4v) is 5.57. The molecule has 38 heavy (non-hydrogen) atoms. The normalized spacial score (nSPS) is 17.5. The number of likely N-dealkylation sites (N-methyl/N-ethyl adjacent to an activating group) is 1.